The molecule has 0 amide bonds. The van der Waals surface area contributed by atoms with Crippen LogP contribution in [0.1, 0.15) is 25.1 Å². The Bertz CT molecular complexity index is 351. The summed E-state index contributed by atoms with van der Waals surface area (Å²) in [7, 11) is 1.92. The third kappa shape index (κ3) is 1.66. The quantitative estimate of drug-likeness (QED) is 0.772. The maximum Gasteiger partial charge on any atom is 0.140 e. The Kier molecular flexibility index (Phi) is 2.21. The molecule has 0 aromatic carbocycles. The lowest BCUT2D eigenvalue weighted by atomic mass is 9.95. The highest BCUT2D eigenvalue weighted by Gasteiger charge is 2.40. The summed E-state index contributed by atoms with van der Waals surface area (Å²) >= 11 is 0. The molecule has 1 aromatic heterocycles. The molecule has 0 saturated carbocycles. The van der Waals surface area contributed by atoms with E-state index in [2.05, 4.69) is 15.4 Å². The minimum absolute atomic E-state index is 0.434. The molecule has 5 heteroatoms. The Labute approximate surface area is 88.8 Å². The Morgan fingerprint density at radius 1 is 1.60 bits per heavy atom. The first-order valence-electron chi connectivity index (χ1n) is 5.54. The smallest absolute Gasteiger partial charge is 0.140 e. The van der Waals surface area contributed by atoms with Crippen molar-refractivity contribution in [1.29, 1.82) is 0 Å². The third-order valence-electron chi connectivity index (χ3n) is 3.43. The summed E-state index contributed by atoms with van der Waals surface area (Å²) in [6.45, 7) is 0.785. The van der Waals surface area contributed by atoms with Gasteiger partial charge >= 0.3 is 0 Å². The van der Waals surface area contributed by atoms with Crippen LogP contribution in [0.4, 0.5) is 0 Å². The average molecular weight is 208 g/mol. The number of aryl methyl sites for hydroxylation is 1. The molecular weight excluding hydrogens is 192 g/mol. The zero-order valence-corrected chi connectivity index (χ0v) is 8.89. The Morgan fingerprint density at radius 3 is 3.13 bits per heavy atom. The van der Waals surface area contributed by atoms with Crippen LogP contribution < -0.4 is 5.32 Å². The summed E-state index contributed by atoms with van der Waals surface area (Å²) in [5.74, 6) is 0.984. The highest BCUT2D eigenvalue weighted by Crippen LogP contribution is 2.34. The molecule has 5 nitrogen and oxygen atoms in total. The fraction of sp³-hybridized carbons (Fsp3) is 0.800. The van der Waals surface area contributed by atoms with Crippen molar-refractivity contribution >= 4 is 0 Å². The molecule has 2 saturated heterocycles. The number of hydrogen-bond acceptors (Lipinski definition) is 4. The number of nitrogens with zero attached hydrogens (tertiary/aromatic N) is 3. The van der Waals surface area contributed by atoms with Gasteiger partial charge in [0, 0.05) is 13.1 Å². The summed E-state index contributed by atoms with van der Waals surface area (Å²) < 4.78 is 7.59. The maximum atomic E-state index is 5.78. The molecule has 2 fully saturated rings. The zero-order valence-electron chi connectivity index (χ0n) is 8.89. The molecule has 1 N–H and O–H groups in total. The van der Waals surface area contributed by atoms with Gasteiger partial charge in [-0.25, -0.2) is 4.98 Å². The lowest BCUT2D eigenvalue weighted by Crippen LogP contribution is -2.37. The van der Waals surface area contributed by atoms with Crippen LogP contribution >= 0.6 is 0 Å². The van der Waals surface area contributed by atoms with Crippen LogP contribution in [0.15, 0.2) is 6.33 Å². The molecule has 3 rings (SSSR count). The largest absolute Gasteiger partial charge is 0.373 e. The van der Waals surface area contributed by atoms with Gasteiger partial charge in [-0.2, -0.15) is 5.10 Å². The maximum absolute atomic E-state index is 5.78. The van der Waals surface area contributed by atoms with Crippen LogP contribution in [0.2, 0.25) is 0 Å². The molecule has 2 bridgehead atoms. The molecule has 1 aromatic rings. The van der Waals surface area contributed by atoms with Crippen molar-refractivity contribution < 1.29 is 4.74 Å². The second kappa shape index (κ2) is 3.57. The Balaban J connectivity index is 1.57. The van der Waals surface area contributed by atoms with E-state index in [0.29, 0.717) is 18.2 Å². The van der Waals surface area contributed by atoms with Crippen molar-refractivity contribution in [3.05, 3.63) is 12.2 Å². The summed E-state index contributed by atoms with van der Waals surface area (Å²) in [6.07, 6.45) is 6.14. The Morgan fingerprint density at radius 2 is 2.53 bits per heavy atom. The van der Waals surface area contributed by atoms with Crippen molar-refractivity contribution in [2.75, 3.05) is 0 Å². The van der Waals surface area contributed by atoms with E-state index >= 15 is 0 Å². The molecule has 15 heavy (non-hydrogen) atoms. The Hall–Kier alpha value is -0.940. The number of hydrogen-bond donors (Lipinski definition) is 1. The summed E-state index contributed by atoms with van der Waals surface area (Å²) in [4.78, 5) is 4.19. The van der Waals surface area contributed by atoms with Crippen molar-refractivity contribution in [2.24, 2.45) is 7.05 Å². The topological polar surface area (TPSA) is 52.0 Å². The fourth-order valence-corrected chi connectivity index (χ4v) is 2.56. The average Bonchev–Trinajstić information content (AvgIpc) is 2.90. The van der Waals surface area contributed by atoms with Gasteiger partial charge in [0.1, 0.15) is 12.2 Å². The second-order valence-electron chi connectivity index (χ2n) is 4.40. The van der Waals surface area contributed by atoms with E-state index < -0.39 is 0 Å². The van der Waals surface area contributed by atoms with E-state index in [1.807, 2.05) is 7.05 Å². The van der Waals surface area contributed by atoms with Gasteiger partial charge in [-0.05, 0) is 19.3 Å². The number of fused-ring (bicyclic) bond motifs is 2. The van der Waals surface area contributed by atoms with Gasteiger partial charge in [-0.15, -0.1) is 0 Å². The zero-order chi connectivity index (χ0) is 10.3. The van der Waals surface area contributed by atoms with E-state index in [1.54, 1.807) is 11.0 Å². The number of ether oxygens (including phenoxy) is 1. The van der Waals surface area contributed by atoms with E-state index in [0.717, 1.165) is 18.8 Å². The highest BCUT2D eigenvalue weighted by atomic mass is 16.5. The van der Waals surface area contributed by atoms with E-state index in [1.165, 1.54) is 12.8 Å². The molecule has 0 aliphatic carbocycles. The molecule has 3 unspecified atom stereocenters. The number of aromatic nitrogens is 3. The summed E-state index contributed by atoms with van der Waals surface area (Å²) in [5, 5.41) is 7.55. The van der Waals surface area contributed by atoms with Crippen LogP contribution in [0.25, 0.3) is 0 Å². The van der Waals surface area contributed by atoms with Gasteiger partial charge in [-0.1, -0.05) is 0 Å². The van der Waals surface area contributed by atoms with E-state index in [-0.39, 0.29) is 0 Å². The number of rotatable bonds is 3. The lowest BCUT2D eigenvalue weighted by molar-refractivity contribution is 0.0971. The first-order chi connectivity index (χ1) is 7.33. The van der Waals surface area contributed by atoms with Gasteiger partial charge in [0.2, 0.25) is 0 Å². The van der Waals surface area contributed by atoms with Crippen molar-refractivity contribution in [3.8, 4) is 0 Å². The van der Waals surface area contributed by atoms with Crippen molar-refractivity contribution in [2.45, 2.75) is 44.1 Å². The van der Waals surface area contributed by atoms with Crippen LogP contribution in [0, 0.1) is 0 Å². The molecule has 82 valence electrons. The summed E-state index contributed by atoms with van der Waals surface area (Å²) in [5.41, 5.74) is 0. The van der Waals surface area contributed by atoms with Crippen LogP contribution in [0.5, 0.6) is 0 Å². The predicted octanol–water partition coefficient (Wildman–Crippen LogP) is 0.225. The minimum atomic E-state index is 0.434. The number of nitrogens with one attached hydrogen (secondary N) is 1. The fourth-order valence-electron chi connectivity index (χ4n) is 2.56. The highest BCUT2D eigenvalue weighted by molar-refractivity contribution is 4.95. The van der Waals surface area contributed by atoms with Crippen LogP contribution in [-0.4, -0.2) is 33.0 Å². The molecule has 0 spiro atoms. The van der Waals surface area contributed by atoms with E-state index in [9.17, 15) is 0 Å². The standard InChI is InChI=1S/C10H16N4O/c1-14-10(12-6-13-14)5-11-8-4-7-2-3-9(8)15-7/h6-9,11H,2-5H2,1H3. The van der Waals surface area contributed by atoms with Crippen molar-refractivity contribution in [3.63, 3.8) is 0 Å². The third-order valence-corrected chi connectivity index (χ3v) is 3.43. The first-order valence-corrected chi connectivity index (χ1v) is 5.54. The first kappa shape index (κ1) is 9.30. The second-order valence-corrected chi connectivity index (χ2v) is 4.40. The summed E-state index contributed by atoms with van der Waals surface area (Å²) in [6, 6.07) is 0.514. The molecule has 3 heterocycles. The van der Waals surface area contributed by atoms with Gasteiger partial charge in [0.25, 0.3) is 0 Å². The molecule has 0 radical (unpaired) electrons. The van der Waals surface area contributed by atoms with Gasteiger partial charge in [-0.3, -0.25) is 4.68 Å². The van der Waals surface area contributed by atoms with Crippen LogP contribution in [0.3, 0.4) is 0 Å². The molecule has 2 aliphatic heterocycles. The van der Waals surface area contributed by atoms with E-state index in [4.69, 9.17) is 4.74 Å². The SMILES string of the molecule is Cn1ncnc1CNC1CC2CCC1O2. The predicted molar refractivity (Wildman–Crippen MR) is 54.1 cm³/mol. The minimum Gasteiger partial charge on any atom is -0.373 e. The van der Waals surface area contributed by atoms with Crippen molar-refractivity contribution in [1.82, 2.24) is 20.1 Å². The lowest BCUT2D eigenvalue weighted by Gasteiger charge is -2.19. The molecule has 3 atom stereocenters. The van der Waals surface area contributed by atoms with Gasteiger partial charge < -0.3 is 10.1 Å². The van der Waals surface area contributed by atoms with Gasteiger partial charge in [0.15, 0.2) is 0 Å². The monoisotopic (exact) mass is 208 g/mol. The molecule has 2 aliphatic rings. The van der Waals surface area contributed by atoms with Crippen LogP contribution in [-0.2, 0) is 18.3 Å². The van der Waals surface area contributed by atoms with Gasteiger partial charge in [0.05, 0.1) is 18.8 Å². The normalized spacial score (nSPS) is 33.8. The molecular formula is C10H16N4O.